The van der Waals surface area contributed by atoms with Crippen molar-refractivity contribution in [1.82, 2.24) is 4.98 Å². The monoisotopic (exact) mass is 299 g/mol. The number of hydrogen-bond donors (Lipinski definition) is 1. The van der Waals surface area contributed by atoms with Crippen molar-refractivity contribution >= 4 is 22.3 Å². The second kappa shape index (κ2) is 5.94. The maximum Gasteiger partial charge on any atom is 0.389 e. The van der Waals surface area contributed by atoms with Crippen molar-refractivity contribution < 1.29 is 18.1 Å². The third kappa shape index (κ3) is 3.80. The molecule has 1 N–H and O–H groups in total. The van der Waals surface area contributed by atoms with E-state index < -0.39 is 17.5 Å². The number of halogens is 3. The van der Waals surface area contributed by atoms with Gasteiger partial charge < -0.3 is 5.32 Å². The van der Waals surface area contributed by atoms with E-state index in [0.717, 1.165) is 0 Å². The van der Waals surface area contributed by atoms with Crippen molar-refractivity contribution in [3.8, 4) is 0 Å². The van der Waals surface area contributed by atoms with Crippen LogP contribution in [0, 0.1) is 10.1 Å². The fourth-order valence-corrected chi connectivity index (χ4v) is 1.97. The molecule has 8 heteroatoms. The first kappa shape index (κ1) is 15.0. The molecule has 0 saturated carbocycles. The van der Waals surface area contributed by atoms with E-state index in [1.54, 1.807) is 12.1 Å². The summed E-state index contributed by atoms with van der Waals surface area (Å²) >= 11 is 0. The molecule has 0 atom stereocenters. The predicted molar refractivity (Wildman–Crippen MR) is 72.2 cm³/mol. The summed E-state index contributed by atoms with van der Waals surface area (Å²) < 4.78 is 36.2. The number of nitrogens with one attached hydrogen (secondary N) is 1. The van der Waals surface area contributed by atoms with Gasteiger partial charge in [-0.15, -0.1) is 0 Å². The van der Waals surface area contributed by atoms with E-state index in [1.165, 1.54) is 18.3 Å². The summed E-state index contributed by atoms with van der Waals surface area (Å²) in [5.74, 6) is 0. The van der Waals surface area contributed by atoms with Gasteiger partial charge in [-0.2, -0.15) is 13.2 Å². The molecule has 0 unspecified atom stereocenters. The smallest absolute Gasteiger partial charge is 0.383 e. The highest BCUT2D eigenvalue weighted by Gasteiger charge is 2.26. The summed E-state index contributed by atoms with van der Waals surface area (Å²) in [5, 5.41) is 14.1. The molecule has 0 amide bonds. The molecule has 0 spiro atoms. The van der Waals surface area contributed by atoms with E-state index in [9.17, 15) is 23.3 Å². The van der Waals surface area contributed by atoms with E-state index in [0.29, 0.717) is 16.6 Å². The summed E-state index contributed by atoms with van der Waals surface area (Å²) in [5.41, 5.74) is 0.774. The van der Waals surface area contributed by atoms with Gasteiger partial charge in [0.2, 0.25) is 0 Å². The molecule has 1 aromatic heterocycles. The molecule has 0 aliphatic heterocycles. The number of nitrogens with zero attached hydrogens (tertiary/aromatic N) is 2. The normalized spacial score (nSPS) is 11.6. The van der Waals surface area contributed by atoms with Crippen LogP contribution in [-0.4, -0.2) is 22.6 Å². The molecule has 21 heavy (non-hydrogen) atoms. The molecule has 0 radical (unpaired) electrons. The first-order valence-electron chi connectivity index (χ1n) is 6.21. The van der Waals surface area contributed by atoms with E-state index in [4.69, 9.17) is 0 Å². The Balaban J connectivity index is 2.18. The average molecular weight is 299 g/mol. The number of benzene rings is 1. The largest absolute Gasteiger partial charge is 0.389 e. The summed E-state index contributed by atoms with van der Waals surface area (Å²) in [4.78, 5) is 14.5. The second-order valence-electron chi connectivity index (χ2n) is 4.43. The number of rotatable bonds is 5. The molecule has 112 valence electrons. The molecule has 2 aromatic rings. The lowest BCUT2D eigenvalue weighted by Gasteiger charge is -2.10. The van der Waals surface area contributed by atoms with Crippen LogP contribution in [0.1, 0.15) is 12.8 Å². The lowest BCUT2D eigenvalue weighted by molar-refractivity contribution is -0.383. The number of anilines is 1. The van der Waals surface area contributed by atoms with Gasteiger partial charge in [-0.25, -0.2) is 0 Å². The van der Waals surface area contributed by atoms with Gasteiger partial charge in [-0.05, 0) is 24.6 Å². The molecule has 2 rings (SSSR count). The Morgan fingerprint density at radius 1 is 1.29 bits per heavy atom. The van der Waals surface area contributed by atoms with Crippen molar-refractivity contribution in [2.75, 3.05) is 11.9 Å². The van der Waals surface area contributed by atoms with Crippen LogP contribution in [0.3, 0.4) is 0 Å². The van der Waals surface area contributed by atoms with Crippen LogP contribution in [0.25, 0.3) is 10.9 Å². The SMILES string of the molecule is O=[N+]([O-])c1ccc(NCCCC(F)(F)F)c2ncccc12. The Labute approximate surface area is 117 Å². The van der Waals surface area contributed by atoms with E-state index >= 15 is 0 Å². The number of fused-ring (bicyclic) bond motifs is 1. The Morgan fingerprint density at radius 3 is 2.71 bits per heavy atom. The molecule has 0 aliphatic carbocycles. The van der Waals surface area contributed by atoms with Gasteiger partial charge in [0.05, 0.1) is 16.0 Å². The number of hydrogen-bond acceptors (Lipinski definition) is 4. The highest BCUT2D eigenvalue weighted by atomic mass is 19.4. The molecule has 5 nitrogen and oxygen atoms in total. The Bertz CT molecular complexity index is 659. The van der Waals surface area contributed by atoms with Crippen molar-refractivity contribution in [2.24, 2.45) is 0 Å². The summed E-state index contributed by atoms with van der Waals surface area (Å²) in [6.45, 7) is 0.114. The highest BCUT2D eigenvalue weighted by molar-refractivity contribution is 5.96. The number of alkyl halides is 3. The van der Waals surface area contributed by atoms with Crippen LogP contribution in [0.5, 0.6) is 0 Å². The van der Waals surface area contributed by atoms with E-state index in [-0.39, 0.29) is 18.7 Å². The quantitative estimate of drug-likeness (QED) is 0.516. The molecule has 0 bridgehead atoms. The van der Waals surface area contributed by atoms with Crippen LogP contribution in [0.2, 0.25) is 0 Å². The van der Waals surface area contributed by atoms with Crippen LogP contribution in [0.4, 0.5) is 24.5 Å². The molecule has 0 aliphatic rings. The predicted octanol–water partition coefficient (Wildman–Crippen LogP) is 3.90. The van der Waals surface area contributed by atoms with Gasteiger partial charge in [0.25, 0.3) is 5.69 Å². The fourth-order valence-electron chi connectivity index (χ4n) is 1.97. The van der Waals surface area contributed by atoms with Crippen LogP contribution in [0.15, 0.2) is 30.5 Å². The number of nitro groups is 1. The van der Waals surface area contributed by atoms with Crippen molar-refractivity contribution in [1.29, 1.82) is 0 Å². The second-order valence-corrected chi connectivity index (χ2v) is 4.43. The van der Waals surface area contributed by atoms with E-state index in [2.05, 4.69) is 10.3 Å². The maximum atomic E-state index is 12.1. The fraction of sp³-hybridized carbons (Fsp3) is 0.308. The third-order valence-corrected chi connectivity index (χ3v) is 2.90. The summed E-state index contributed by atoms with van der Waals surface area (Å²) in [7, 11) is 0. The van der Waals surface area contributed by atoms with Crippen LogP contribution >= 0.6 is 0 Å². The molecule has 0 saturated heterocycles. The van der Waals surface area contributed by atoms with Gasteiger partial charge >= 0.3 is 6.18 Å². The molecule has 1 heterocycles. The maximum absolute atomic E-state index is 12.1. The topological polar surface area (TPSA) is 68.1 Å². The van der Waals surface area contributed by atoms with Crippen LogP contribution < -0.4 is 5.32 Å². The zero-order valence-electron chi connectivity index (χ0n) is 10.9. The first-order valence-corrected chi connectivity index (χ1v) is 6.21. The number of non-ortho nitro benzene ring substituents is 1. The minimum absolute atomic E-state index is 0.0746. The number of aromatic nitrogens is 1. The van der Waals surface area contributed by atoms with E-state index in [1.807, 2.05) is 0 Å². The summed E-state index contributed by atoms with van der Waals surface area (Å²) in [6.07, 6.45) is -3.66. The van der Waals surface area contributed by atoms with Gasteiger partial charge in [0.1, 0.15) is 5.52 Å². The highest BCUT2D eigenvalue weighted by Crippen LogP contribution is 2.30. The first-order chi connectivity index (χ1) is 9.88. The zero-order chi connectivity index (χ0) is 15.5. The van der Waals surface area contributed by atoms with Crippen molar-refractivity contribution in [2.45, 2.75) is 19.0 Å². The van der Waals surface area contributed by atoms with Gasteiger partial charge in [-0.1, -0.05) is 0 Å². The summed E-state index contributed by atoms with van der Waals surface area (Å²) in [6, 6.07) is 5.90. The van der Waals surface area contributed by atoms with Crippen molar-refractivity contribution in [3.63, 3.8) is 0 Å². The minimum Gasteiger partial charge on any atom is -0.383 e. The standard InChI is InChI=1S/C13H12F3N3O2/c14-13(15,16)6-2-8-17-10-4-5-11(19(20)21)9-3-1-7-18-12(9)10/h1,3-5,7,17H,2,6,8H2. The lowest BCUT2D eigenvalue weighted by atomic mass is 10.1. The van der Waals surface area contributed by atoms with Gasteiger partial charge in [0.15, 0.2) is 0 Å². The molecule has 0 fully saturated rings. The van der Waals surface area contributed by atoms with Gasteiger partial charge in [-0.3, -0.25) is 15.1 Å². The molecular weight excluding hydrogens is 287 g/mol. The van der Waals surface area contributed by atoms with Gasteiger partial charge in [0, 0.05) is 25.2 Å². The lowest BCUT2D eigenvalue weighted by Crippen LogP contribution is -2.11. The molecular formula is C13H12F3N3O2. The molecule has 1 aromatic carbocycles. The Hall–Kier alpha value is -2.38. The zero-order valence-corrected chi connectivity index (χ0v) is 10.9. The average Bonchev–Trinajstić information content (AvgIpc) is 2.42. The Morgan fingerprint density at radius 2 is 2.05 bits per heavy atom. The number of nitro benzene ring substituents is 1. The number of pyridine rings is 1. The minimum atomic E-state index is -4.18. The van der Waals surface area contributed by atoms with Crippen molar-refractivity contribution in [3.05, 3.63) is 40.6 Å². The Kier molecular flexibility index (Phi) is 4.25. The van der Waals surface area contributed by atoms with Crippen LogP contribution in [-0.2, 0) is 0 Å². The third-order valence-electron chi connectivity index (χ3n) is 2.90.